The van der Waals surface area contributed by atoms with Crippen molar-refractivity contribution in [1.29, 1.82) is 0 Å². The molecule has 1 aromatic carbocycles. The first-order valence-electron chi connectivity index (χ1n) is 8.26. The first-order valence-corrected chi connectivity index (χ1v) is 8.26. The van der Waals surface area contributed by atoms with Gasteiger partial charge in [0.2, 0.25) is 6.41 Å². The number of hydrogen-bond donors (Lipinski definition) is 2. The minimum Gasteiger partial charge on any atom is -0.369 e. The van der Waals surface area contributed by atoms with Crippen molar-refractivity contribution in [1.82, 2.24) is 20.2 Å². The molecule has 1 aliphatic rings. The first-order chi connectivity index (χ1) is 11.4. The molecule has 2 aromatic rings. The van der Waals surface area contributed by atoms with Gasteiger partial charge in [0.15, 0.2) is 0 Å². The average Bonchev–Trinajstić information content (AvgIpc) is 3.07. The molecule has 0 aliphatic carbocycles. The lowest BCUT2D eigenvalue weighted by Gasteiger charge is -2.15. The molecule has 6 heteroatoms. The SMILES string of the molecule is O=CNCCCNc1nc(CN2CCCC2)nc2ccccc12. The molecule has 1 aromatic heterocycles. The molecule has 1 saturated heterocycles. The monoisotopic (exact) mass is 313 g/mol. The van der Waals surface area contributed by atoms with Gasteiger partial charge in [-0.05, 0) is 44.5 Å². The fraction of sp³-hybridized carbons (Fsp3) is 0.471. The van der Waals surface area contributed by atoms with Gasteiger partial charge in [-0.15, -0.1) is 0 Å². The second-order valence-electron chi connectivity index (χ2n) is 5.84. The standard InChI is InChI=1S/C17H23N5O/c23-13-18-8-5-9-19-17-14-6-1-2-7-15(14)20-16(21-17)12-22-10-3-4-11-22/h1-2,6-7,13H,3-5,8-12H2,(H,18,23)(H,19,20,21). The lowest BCUT2D eigenvalue weighted by Crippen LogP contribution is -2.21. The van der Waals surface area contributed by atoms with E-state index in [-0.39, 0.29) is 0 Å². The van der Waals surface area contributed by atoms with Gasteiger partial charge >= 0.3 is 0 Å². The fourth-order valence-corrected chi connectivity index (χ4v) is 2.93. The molecule has 0 spiro atoms. The van der Waals surface area contributed by atoms with Crippen molar-refractivity contribution in [3.05, 3.63) is 30.1 Å². The predicted octanol–water partition coefficient (Wildman–Crippen LogP) is 1.77. The van der Waals surface area contributed by atoms with E-state index in [0.717, 1.165) is 61.6 Å². The molecule has 1 fully saturated rings. The second kappa shape index (κ2) is 7.87. The maximum absolute atomic E-state index is 10.3. The van der Waals surface area contributed by atoms with E-state index in [0.29, 0.717) is 6.54 Å². The quantitative estimate of drug-likeness (QED) is 0.574. The first kappa shape index (κ1) is 15.7. The zero-order chi connectivity index (χ0) is 15.9. The maximum Gasteiger partial charge on any atom is 0.207 e. The Balaban J connectivity index is 1.74. The van der Waals surface area contributed by atoms with Crippen LogP contribution in [0.2, 0.25) is 0 Å². The highest BCUT2D eigenvalue weighted by molar-refractivity contribution is 5.88. The van der Waals surface area contributed by atoms with Crippen LogP contribution in [0.1, 0.15) is 25.1 Å². The average molecular weight is 313 g/mol. The molecule has 0 radical (unpaired) electrons. The number of aromatic nitrogens is 2. The van der Waals surface area contributed by atoms with Gasteiger partial charge in [0.1, 0.15) is 11.6 Å². The molecule has 2 N–H and O–H groups in total. The van der Waals surface area contributed by atoms with Gasteiger partial charge in [0.25, 0.3) is 0 Å². The zero-order valence-electron chi connectivity index (χ0n) is 13.3. The fourth-order valence-electron chi connectivity index (χ4n) is 2.93. The highest BCUT2D eigenvalue weighted by Crippen LogP contribution is 2.21. The summed E-state index contributed by atoms with van der Waals surface area (Å²) < 4.78 is 0. The van der Waals surface area contributed by atoms with Crippen LogP contribution >= 0.6 is 0 Å². The normalized spacial score (nSPS) is 15.0. The molecule has 2 heterocycles. The molecule has 0 saturated carbocycles. The number of nitrogens with zero attached hydrogens (tertiary/aromatic N) is 3. The van der Waals surface area contributed by atoms with Gasteiger partial charge in [-0.3, -0.25) is 9.69 Å². The number of fused-ring (bicyclic) bond motifs is 1. The van der Waals surface area contributed by atoms with Gasteiger partial charge in [0.05, 0.1) is 12.1 Å². The zero-order valence-corrected chi connectivity index (χ0v) is 13.3. The van der Waals surface area contributed by atoms with Crippen LogP contribution < -0.4 is 10.6 Å². The highest BCUT2D eigenvalue weighted by Gasteiger charge is 2.14. The van der Waals surface area contributed by atoms with Gasteiger partial charge in [0, 0.05) is 18.5 Å². The highest BCUT2D eigenvalue weighted by atomic mass is 16.1. The summed E-state index contributed by atoms with van der Waals surface area (Å²) >= 11 is 0. The summed E-state index contributed by atoms with van der Waals surface area (Å²) in [5.74, 6) is 1.76. The summed E-state index contributed by atoms with van der Waals surface area (Å²) in [5, 5.41) is 7.10. The minimum absolute atomic E-state index is 0.667. The summed E-state index contributed by atoms with van der Waals surface area (Å²) in [4.78, 5) is 22.1. The van der Waals surface area contributed by atoms with Crippen molar-refractivity contribution in [3.63, 3.8) is 0 Å². The van der Waals surface area contributed by atoms with Crippen LogP contribution in [0, 0.1) is 0 Å². The third kappa shape index (κ3) is 4.16. The number of hydrogen-bond acceptors (Lipinski definition) is 5. The summed E-state index contributed by atoms with van der Waals surface area (Å²) in [5.41, 5.74) is 0.977. The molecule has 23 heavy (non-hydrogen) atoms. The number of amides is 1. The maximum atomic E-state index is 10.3. The Morgan fingerprint density at radius 2 is 1.96 bits per heavy atom. The molecule has 0 atom stereocenters. The summed E-state index contributed by atoms with van der Waals surface area (Å²) in [6.45, 7) is 4.52. The Kier molecular flexibility index (Phi) is 5.37. The van der Waals surface area contributed by atoms with E-state index >= 15 is 0 Å². The van der Waals surface area contributed by atoms with E-state index in [1.54, 1.807) is 0 Å². The van der Waals surface area contributed by atoms with Crippen molar-refractivity contribution in [2.45, 2.75) is 25.8 Å². The number of likely N-dealkylation sites (tertiary alicyclic amines) is 1. The van der Waals surface area contributed by atoms with Crippen LogP contribution in [0.15, 0.2) is 24.3 Å². The van der Waals surface area contributed by atoms with Gasteiger partial charge in [-0.25, -0.2) is 9.97 Å². The van der Waals surface area contributed by atoms with E-state index < -0.39 is 0 Å². The largest absolute Gasteiger partial charge is 0.369 e. The molecule has 1 aliphatic heterocycles. The molecular weight excluding hydrogens is 290 g/mol. The van der Waals surface area contributed by atoms with E-state index in [1.165, 1.54) is 12.8 Å². The third-order valence-electron chi connectivity index (χ3n) is 4.09. The van der Waals surface area contributed by atoms with Crippen LogP contribution in [0.5, 0.6) is 0 Å². The summed E-state index contributed by atoms with van der Waals surface area (Å²) in [6, 6.07) is 8.09. The third-order valence-corrected chi connectivity index (χ3v) is 4.09. The molecule has 1 amide bonds. The van der Waals surface area contributed by atoms with Crippen molar-refractivity contribution >= 4 is 23.1 Å². The number of benzene rings is 1. The Bertz CT molecular complexity index is 654. The van der Waals surface area contributed by atoms with E-state index in [1.807, 2.05) is 24.3 Å². The van der Waals surface area contributed by atoms with Crippen LogP contribution in [0.25, 0.3) is 10.9 Å². The van der Waals surface area contributed by atoms with Crippen molar-refractivity contribution in [3.8, 4) is 0 Å². The number of rotatable bonds is 8. The Hall–Kier alpha value is -2.21. The number of carbonyl (C=O) groups is 1. The second-order valence-corrected chi connectivity index (χ2v) is 5.84. The summed E-state index contributed by atoms with van der Waals surface area (Å²) in [7, 11) is 0. The Morgan fingerprint density at radius 1 is 1.13 bits per heavy atom. The van der Waals surface area contributed by atoms with Crippen LogP contribution in [0.3, 0.4) is 0 Å². The minimum atomic E-state index is 0.667. The lowest BCUT2D eigenvalue weighted by atomic mass is 10.2. The number of para-hydroxylation sites is 1. The molecule has 6 nitrogen and oxygen atoms in total. The van der Waals surface area contributed by atoms with Crippen LogP contribution in [-0.4, -0.2) is 47.5 Å². The van der Waals surface area contributed by atoms with E-state index in [9.17, 15) is 4.79 Å². The van der Waals surface area contributed by atoms with Gasteiger partial charge < -0.3 is 10.6 Å². The Morgan fingerprint density at radius 3 is 2.78 bits per heavy atom. The van der Waals surface area contributed by atoms with Crippen LogP contribution in [0.4, 0.5) is 5.82 Å². The smallest absolute Gasteiger partial charge is 0.207 e. The van der Waals surface area contributed by atoms with E-state index in [2.05, 4.69) is 15.5 Å². The molecular formula is C17H23N5O. The van der Waals surface area contributed by atoms with Gasteiger partial charge in [-0.2, -0.15) is 0 Å². The van der Waals surface area contributed by atoms with Crippen molar-refractivity contribution in [2.75, 3.05) is 31.5 Å². The predicted molar refractivity (Wildman–Crippen MR) is 91.2 cm³/mol. The topological polar surface area (TPSA) is 70.2 Å². The number of carbonyl (C=O) groups excluding carboxylic acids is 1. The lowest BCUT2D eigenvalue weighted by molar-refractivity contribution is -0.109. The molecule has 0 unspecified atom stereocenters. The molecule has 3 rings (SSSR count). The molecule has 0 bridgehead atoms. The van der Waals surface area contributed by atoms with Crippen molar-refractivity contribution in [2.24, 2.45) is 0 Å². The summed E-state index contributed by atoms with van der Waals surface area (Å²) in [6.07, 6.45) is 4.12. The number of nitrogens with one attached hydrogen (secondary N) is 2. The van der Waals surface area contributed by atoms with Gasteiger partial charge in [-0.1, -0.05) is 12.1 Å². The van der Waals surface area contributed by atoms with Crippen molar-refractivity contribution < 1.29 is 4.79 Å². The Labute approximate surface area is 136 Å². The molecule has 122 valence electrons. The number of anilines is 1. The van der Waals surface area contributed by atoms with E-state index in [4.69, 9.17) is 9.97 Å². The van der Waals surface area contributed by atoms with Crippen LogP contribution in [-0.2, 0) is 11.3 Å².